The molecule has 2 N–H and O–H groups in total. The third kappa shape index (κ3) is 4.76. The zero-order valence-corrected chi connectivity index (χ0v) is 20.8. The third-order valence-electron chi connectivity index (χ3n) is 6.56. The first-order valence-corrected chi connectivity index (χ1v) is 12.9. The lowest BCUT2D eigenvalue weighted by Gasteiger charge is -2.35. The number of aryl methyl sites for hydroxylation is 1. The lowest BCUT2D eigenvalue weighted by Crippen LogP contribution is -2.51. The maximum Gasteiger partial charge on any atom is 0.255 e. The molecule has 3 rings (SSSR count). The number of rotatable bonds is 8. The van der Waals surface area contributed by atoms with Crippen molar-refractivity contribution in [2.75, 3.05) is 18.4 Å². The summed E-state index contributed by atoms with van der Waals surface area (Å²) in [5.74, 6) is -0.989. The van der Waals surface area contributed by atoms with Crippen molar-refractivity contribution in [1.82, 2.24) is 9.62 Å². The number of nitrogens with zero attached hydrogens (tertiary/aromatic N) is 1. The van der Waals surface area contributed by atoms with Crippen LogP contribution in [0.1, 0.15) is 61.5 Å². The molecule has 0 bridgehead atoms. The molecule has 3 amide bonds. The van der Waals surface area contributed by atoms with Gasteiger partial charge in [0.25, 0.3) is 5.91 Å². The van der Waals surface area contributed by atoms with Crippen LogP contribution in [-0.2, 0) is 25.0 Å². The number of hydrogen-bond donors (Lipinski definition) is 2. The van der Waals surface area contributed by atoms with Gasteiger partial charge < -0.3 is 5.32 Å². The number of amides is 3. The minimum Gasteiger partial charge on any atom is -0.322 e. The molecule has 2 aromatic carbocycles. The topological polar surface area (TPSA) is 113 Å². The molecule has 1 atom stereocenters. The van der Waals surface area contributed by atoms with Crippen molar-refractivity contribution in [2.24, 2.45) is 0 Å². The van der Waals surface area contributed by atoms with Crippen molar-refractivity contribution in [3.05, 3.63) is 59.2 Å². The Morgan fingerprint density at radius 2 is 1.71 bits per heavy atom. The molecule has 34 heavy (non-hydrogen) atoms. The van der Waals surface area contributed by atoms with Crippen LogP contribution < -0.4 is 10.6 Å². The minimum absolute atomic E-state index is 0.0741. The lowest BCUT2D eigenvalue weighted by molar-refractivity contribution is -0.138. The normalized spacial score (nSPS) is 18.6. The molecule has 1 fully saturated rings. The van der Waals surface area contributed by atoms with E-state index in [4.69, 9.17) is 0 Å². The van der Waals surface area contributed by atoms with Crippen LogP contribution in [0.25, 0.3) is 0 Å². The second kappa shape index (κ2) is 10.1. The largest absolute Gasteiger partial charge is 0.322 e. The Kier molecular flexibility index (Phi) is 7.57. The predicted molar refractivity (Wildman–Crippen MR) is 130 cm³/mol. The summed E-state index contributed by atoms with van der Waals surface area (Å²) in [6, 6.07) is 11.5. The number of sulfonamides is 1. The monoisotopic (exact) mass is 485 g/mol. The van der Waals surface area contributed by atoms with Crippen molar-refractivity contribution in [1.29, 1.82) is 0 Å². The van der Waals surface area contributed by atoms with Gasteiger partial charge in [-0.15, -0.1) is 0 Å². The van der Waals surface area contributed by atoms with Gasteiger partial charge in [0.1, 0.15) is 0 Å². The zero-order valence-electron chi connectivity index (χ0n) is 20.0. The van der Waals surface area contributed by atoms with Crippen LogP contribution in [-0.4, -0.2) is 43.5 Å². The molecule has 0 aliphatic carbocycles. The summed E-state index contributed by atoms with van der Waals surface area (Å²) < 4.78 is 27.1. The lowest BCUT2D eigenvalue weighted by atomic mass is 9.72. The summed E-state index contributed by atoms with van der Waals surface area (Å²) in [7, 11) is -3.69. The van der Waals surface area contributed by atoms with Crippen LogP contribution >= 0.6 is 0 Å². The van der Waals surface area contributed by atoms with E-state index in [0.29, 0.717) is 37.2 Å². The van der Waals surface area contributed by atoms with Gasteiger partial charge in [0, 0.05) is 30.8 Å². The molecule has 0 saturated carbocycles. The standard InChI is InChI=1S/C25H31N3O5S/c1-5-25(15-14-22(29)27-24(25)31)18-9-11-19(12-10-18)26-23(30)21-16-20(13-8-17(21)4)34(32,33)28(6-2)7-3/h8-13,16H,5-7,14-15H2,1-4H3,(H,26,30)(H,27,29,31). The molecule has 1 heterocycles. The number of anilines is 1. The third-order valence-corrected chi connectivity index (χ3v) is 8.61. The van der Waals surface area contributed by atoms with Crippen LogP contribution in [0.2, 0.25) is 0 Å². The Labute approximate surface area is 200 Å². The fraction of sp³-hybridized carbons (Fsp3) is 0.400. The Balaban J connectivity index is 1.84. The maximum absolute atomic E-state index is 13.0. The van der Waals surface area contributed by atoms with Crippen molar-refractivity contribution in [3.8, 4) is 0 Å². The highest BCUT2D eigenvalue weighted by atomic mass is 32.2. The first-order valence-electron chi connectivity index (χ1n) is 11.5. The van der Waals surface area contributed by atoms with E-state index in [1.165, 1.54) is 16.4 Å². The number of hydrogen-bond acceptors (Lipinski definition) is 5. The van der Waals surface area contributed by atoms with Crippen LogP contribution in [0.5, 0.6) is 0 Å². The number of carbonyl (C=O) groups is 3. The summed E-state index contributed by atoms with van der Waals surface area (Å²) >= 11 is 0. The molecular weight excluding hydrogens is 454 g/mol. The van der Waals surface area contributed by atoms with E-state index in [-0.39, 0.29) is 28.7 Å². The van der Waals surface area contributed by atoms with Crippen molar-refractivity contribution in [3.63, 3.8) is 0 Å². The van der Waals surface area contributed by atoms with Crippen LogP contribution in [0, 0.1) is 6.92 Å². The molecule has 182 valence electrons. The Hall–Kier alpha value is -3.04. The number of piperidine rings is 1. The van der Waals surface area contributed by atoms with Gasteiger partial charge >= 0.3 is 0 Å². The molecule has 1 aliphatic heterocycles. The molecule has 0 radical (unpaired) electrons. The fourth-order valence-electron chi connectivity index (χ4n) is 4.36. The van der Waals surface area contributed by atoms with Gasteiger partial charge in [0.15, 0.2) is 0 Å². The summed E-state index contributed by atoms with van der Waals surface area (Å²) in [6.07, 6.45) is 1.27. The summed E-state index contributed by atoms with van der Waals surface area (Å²) in [5.41, 5.74) is 1.44. The van der Waals surface area contributed by atoms with Crippen LogP contribution in [0.4, 0.5) is 5.69 Å². The van der Waals surface area contributed by atoms with Crippen LogP contribution in [0.3, 0.4) is 0 Å². The molecule has 0 aromatic heterocycles. The van der Waals surface area contributed by atoms with Crippen molar-refractivity contribution < 1.29 is 22.8 Å². The Morgan fingerprint density at radius 1 is 1.06 bits per heavy atom. The average Bonchev–Trinajstić information content (AvgIpc) is 2.81. The number of carbonyl (C=O) groups excluding carboxylic acids is 3. The van der Waals surface area contributed by atoms with E-state index < -0.39 is 21.3 Å². The second-order valence-electron chi connectivity index (χ2n) is 8.41. The highest BCUT2D eigenvalue weighted by molar-refractivity contribution is 7.89. The smallest absolute Gasteiger partial charge is 0.255 e. The quantitative estimate of drug-likeness (QED) is 0.557. The highest BCUT2D eigenvalue weighted by Gasteiger charge is 2.42. The number of nitrogens with one attached hydrogen (secondary N) is 2. The maximum atomic E-state index is 13.0. The fourth-order valence-corrected chi connectivity index (χ4v) is 5.84. The highest BCUT2D eigenvalue weighted by Crippen LogP contribution is 2.36. The van der Waals surface area contributed by atoms with E-state index >= 15 is 0 Å². The Morgan fingerprint density at radius 3 is 2.26 bits per heavy atom. The second-order valence-corrected chi connectivity index (χ2v) is 10.3. The van der Waals surface area contributed by atoms with Gasteiger partial charge in [0.2, 0.25) is 21.8 Å². The van der Waals surface area contributed by atoms with Gasteiger partial charge in [-0.05, 0) is 55.2 Å². The molecule has 1 unspecified atom stereocenters. The first kappa shape index (κ1) is 25.6. The SMILES string of the molecule is CCN(CC)S(=O)(=O)c1ccc(C)c(C(=O)Nc2ccc(C3(CC)CCC(=O)NC3=O)cc2)c1. The number of benzene rings is 2. The molecule has 1 aliphatic rings. The minimum atomic E-state index is -3.69. The van der Waals surface area contributed by atoms with Crippen molar-refractivity contribution in [2.45, 2.75) is 57.3 Å². The van der Waals surface area contributed by atoms with Crippen molar-refractivity contribution >= 4 is 33.4 Å². The van der Waals surface area contributed by atoms with Gasteiger partial charge in [-0.1, -0.05) is 39.0 Å². The van der Waals surface area contributed by atoms with E-state index in [9.17, 15) is 22.8 Å². The summed E-state index contributed by atoms with van der Waals surface area (Å²) in [6.45, 7) is 7.87. The first-order chi connectivity index (χ1) is 16.1. The van der Waals surface area contributed by atoms with Gasteiger partial charge in [0.05, 0.1) is 10.3 Å². The predicted octanol–water partition coefficient (Wildman–Crippen LogP) is 3.36. The van der Waals surface area contributed by atoms with Gasteiger partial charge in [-0.3, -0.25) is 19.7 Å². The molecule has 2 aromatic rings. The average molecular weight is 486 g/mol. The molecule has 0 spiro atoms. The van der Waals surface area contributed by atoms with E-state index in [1.54, 1.807) is 51.1 Å². The number of imide groups is 1. The molecular formula is C25H31N3O5S. The Bertz CT molecular complexity index is 1200. The molecule has 9 heteroatoms. The van der Waals surface area contributed by atoms with Crippen LogP contribution in [0.15, 0.2) is 47.4 Å². The molecule has 1 saturated heterocycles. The summed E-state index contributed by atoms with van der Waals surface area (Å²) in [5, 5.41) is 5.24. The zero-order chi connectivity index (χ0) is 25.1. The van der Waals surface area contributed by atoms with Gasteiger partial charge in [-0.25, -0.2) is 8.42 Å². The van der Waals surface area contributed by atoms with E-state index in [1.807, 2.05) is 6.92 Å². The van der Waals surface area contributed by atoms with Gasteiger partial charge in [-0.2, -0.15) is 4.31 Å². The molecule has 8 nitrogen and oxygen atoms in total. The van der Waals surface area contributed by atoms with E-state index in [2.05, 4.69) is 10.6 Å². The van der Waals surface area contributed by atoms with E-state index in [0.717, 1.165) is 5.56 Å². The summed E-state index contributed by atoms with van der Waals surface area (Å²) in [4.78, 5) is 37.2.